The molecule has 5 rings (SSSR count). The van der Waals surface area contributed by atoms with Crippen LogP contribution in [0.2, 0.25) is 0 Å². The van der Waals surface area contributed by atoms with E-state index in [2.05, 4.69) is 28.6 Å². The van der Waals surface area contributed by atoms with Crippen molar-refractivity contribution in [3.8, 4) is 22.8 Å². The molecule has 2 aromatic carbocycles. The lowest BCUT2D eigenvalue weighted by atomic mass is 10.2. The number of imidazole rings is 1. The molecule has 0 bridgehead atoms. The van der Waals surface area contributed by atoms with Gasteiger partial charge in [-0.2, -0.15) is 0 Å². The van der Waals surface area contributed by atoms with Crippen LogP contribution in [-0.2, 0) is 16.1 Å². The van der Waals surface area contributed by atoms with Crippen LogP contribution in [0.1, 0.15) is 6.92 Å². The summed E-state index contributed by atoms with van der Waals surface area (Å²) in [5.74, 6) is 1.52. The number of piperazine rings is 1. The molecule has 0 unspecified atom stereocenters. The van der Waals surface area contributed by atoms with E-state index in [-0.39, 0.29) is 18.4 Å². The first kappa shape index (κ1) is 23.3. The monoisotopic (exact) mass is 492 g/mol. The summed E-state index contributed by atoms with van der Waals surface area (Å²) in [5, 5.41) is 0.836. The molecule has 9 heteroatoms. The molecule has 1 saturated heterocycles. The highest BCUT2D eigenvalue weighted by Crippen LogP contribution is 2.31. The van der Waals surface area contributed by atoms with Crippen molar-refractivity contribution in [2.24, 2.45) is 0 Å². The minimum absolute atomic E-state index is 0.0557. The summed E-state index contributed by atoms with van der Waals surface area (Å²) in [4.78, 5) is 34.0. The van der Waals surface area contributed by atoms with E-state index < -0.39 is 6.10 Å². The van der Waals surface area contributed by atoms with E-state index in [0.29, 0.717) is 43.4 Å². The zero-order valence-corrected chi connectivity index (χ0v) is 20.4. The molecule has 0 aliphatic carbocycles. The van der Waals surface area contributed by atoms with Gasteiger partial charge in [0.15, 0.2) is 16.7 Å². The fraction of sp³-hybridized carbons (Fsp3) is 0.346. The maximum absolute atomic E-state index is 12.9. The highest BCUT2D eigenvalue weighted by Gasteiger charge is 2.33. The second kappa shape index (κ2) is 10.4. The van der Waals surface area contributed by atoms with Gasteiger partial charge in [0.05, 0.1) is 17.6 Å². The van der Waals surface area contributed by atoms with Crippen LogP contribution in [0.4, 0.5) is 0 Å². The maximum atomic E-state index is 12.9. The summed E-state index contributed by atoms with van der Waals surface area (Å²) in [6.45, 7) is 5.03. The van der Waals surface area contributed by atoms with Gasteiger partial charge in [-0.3, -0.25) is 9.59 Å². The molecule has 8 nitrogen and oxygen atoms in total. The topological polar surface area (TPSA) is 76.9 Å². The van der Waals surface area contributed by atoms with Crippen LogP contribution in [0.3, 0.4) is 0 Å². The molecule has 2 aliphatic rings. The Morgan fingerprint density at radius 2 is 1.66 bits per heavy atom. The molecule has 2 aliphatic heterocycles. The maximum Gasteiger partial charge on any atom is 0.267 e. The van der Waals surface area contributed by atoms with Crippen LogP contribution < -0.4 is 9.47 Å². The van der Waals surface area contributed by atoms with E-state index in [1.54, 1.807) is 11.0 Å². The molecule has 35 heavy (non-hydrogen) atoms. The van der Waals surface area contributed by atoms with Crippen molar-refractivity contribution in [1.29, 1.82) is 0 Å². The molecular weight excluding hydrogens is 464 g/mol. The summed E-state index contributed by atoms with van der Waals surface area (Å²) >= 11 is 1.46. The molecule has 182 valence electrons. The van der Waals surface area contributed by atoms with Crippen LogP contribution in [-0.4, -0.2) is 75.8 Å². The number of hydrogen-bond acceptors (Lipinski definition) is 6. The first-order valence-electron chi connectivity index (χ1n) is 11.8. The van der Waals surface area contributed by atoms with Crippen molar-refractivity contribution >= 4 is 23.6 Å². The van der Waals surface area contributed by atoms with Crippen molar-refractivity contribution in [2.45, 2.75) is 24.7 Å². The zero-order valence-electron chi connectivity index (χ0n) is 19.6. The van der Waals surface area contributed by atoms with E-state index in [9.17, 15) is 9.59 Å². The van der Waals surface area contributed by atoms with Gasteiger partial charge in [-0.15, -0.1) is 0 Å². The molecule has 0 saturated carbocycles. The molecule has 2 amide bonds. The van der Waals surface area contributed by atoms with Crippen LogP contribution in [0.15, 0.2) is 66.0 Å². The summed E-state index contributed by atoms with van der Waals surface area (Å²) in [6, 6.07) is 17.5. The molecule has 0 spiro atoms. The van der Waals surface area contributed by atoms with Crippen LogP contribution in [0.5, 0.6) is 11.5 Å². The lowest BCUT2D eigenvalue weighted by Gasteiger charge is -2.37. The standard InChI is InChI=1S/C26H28N4O4S/c1-2-30-20(19-8-4-3-5-9-19)16-27-26(30)35-18-24(31)28-12-14-29(15-13-28)25(32)23-17-33-21-10-6-7-11-22(21)34-23/h3-11,16,23H,2,12-15,17-18H2,1H3/t23-/m0/s1. The molecule has 0 N–H and O–H groups in total. The predicted octanol–water partition coefficient (Wildman–Crippen LogP) is 3.17. The van der Waals surface area contributed by atoms with Crippen molar-refractivity contribution in [3.05, 3.63) is 60.8 Å². The Morgan fingerprint density at radius 1 is 0.971 bits per heavy atom. The number of amides is 2. The van der Waals surface area contributed by atoms with Gasteiger partial charge in [-0.1, -0.05) is 54.2 Å². The number of aromatic nitrogens is 2. The van der Waals surface area contributed by atoms with Crippen LogP contribution >= 0.6 is 11.8 Å². The molecular formula is C26H28N4O4S. The fourth-order valence-electron chi connectivity index (χ4n) is 4.36. The molecule has 1 atom stereocenters. The first-order valence-corrected chi connectivity index (χ1v) is 12.8. The molecule has 1 fully saturated rings. The van der Waals surface area contributed by atoms with E-state index in [4.69, 9.17) is 9.47 Å². The molecule has 3 aromatic rings. The Hall–Kier alpha value is -3.46. The highest BCUT2D eigenvalue weighted by molar-refractivity contribution is 7.99. The number of benzene rings is 2. The third kappa shape index (κ3) is 5.00. The summed E-state index contributed by atoms with van der Waals surface area (Å²) in [6.07, 6.45) is 1.21. The van der Waals surface area contributed by atoms with Gasteiger partial charge < -0.3 is 23.8 Å². The van der Waals surface area contributed by atoms with Gasteiger partial charge in [-0.05, 0) is 24.6 Å². The lowest BCUT2D eigenvalue weighted by Crippen LogP contribution is -2.55. The molecule has 3 heterocycles. The minimum Gasteiger partial charge on any atom is -0.485 e. The number of rotatable bonds is 6. The van der Waals surface area contributed by atoms with Crippen molar-refractivity contribution in [2.75, 3.05) is 38.5 Å². The third-order valence-corrected chi connectivity index (χ3v) is 7.23. The summed E-state index contributed by atoms with van der Waals surface area (Å²) in [7, 11) is 0. The number of carbonyl (C=O) groups excluding carboxylic acids is 2. The van der Waals surface area contributed by atoms with E-state index in [1.807, 2.05) is 47.5 Å². The minimum atomic E-state index is -0.658. The predicted molar refractivity (Wildman–Crippen MR) is 134 cm³/mol. The van der Waals surface area contributed by atoms with Gasteiger partial charge in [0.25, 0.3) is 5.91 Å². The van der Waals surface area contributed by atoms with Crippen molar-refractivity contribution < 1.29 is 19.1 Å². The summed E-state index contributed by atoms with van der Waals surface area (Å²) < 4.78 is 13.7. The lowest BCUT2D eigenvalue weighted by molar-refractivity contribution is -0.145. The van der Waals surface area contributed by atoms with Crippen LogP contribution in [0, 0.1) is 0 Å². The number of hydrogen-bond donors (Lipinski definition) is 0. The Labute approximate surface area is 208 Å². The largest absolute Gasteiger partial charge is 0.485 e. The Kier molecular flexibility index (Phi) is 6.94. The number of fused-ring (bicyclic) bond motifs is 1. The highest BCUT2D eigenvalue weighted by atomic mass is 32.2. The first-order chi connectivity index (χ1) is 17.1. The number of ether oxygens (including phenoxy) is 2. The average molecular weight is 493 g/mol. The van der Waals surface area contributed by atoms with Gasteiger partial charge in [0.1, 0.15) is 6.61 Å². The number of para-hydroxylation sites is 2. The Bertz CT molecular complexity index is 1190. The van der Waals surface area contributed by atoms with Crippen molar-refractivity contribution in [3.63, 3.8) is 0 Å². The SMILES string of the molecule is CCn1c(-c2ccccc2)cnc1SCC(=O)N1CCN(C(=O)[C@@H]2COc3ccccc3O2)CC1. The molecule has 1 aromatic heterocycles. The second-order valence-corrected chi connectivity index (χ2v) is 9.34. The number of thioether (sulfide) groups is 1. The molecule has 0 radical (unpaired) electrons. The van der Waals surface area contributed by atoms with Gasteiger partial charge in [0, 0.05) is 32.7 Å². The Balaban J connectivity index is 1.13. The van der Waals surface area contributed by atoms with Crippen molar-refractivity contribution in [1.82, 2.24) is 19.4 Å². The van der Waals surface area contributed by atoms with E-state index in [0.717, 1.165) is 23.0 Å². The van der Waals surface area contributed by atoms with E-state index in [1.165, 1.54) is 11.8 Å². The average Bonchev–Trinajstić information content (AvgIpc) is 3.34. The van der Waals surface area contributed by atoms with Gasteiger partial charge >= 0.3 is 0 Å². The van der Waals surface area contributed by atoms with E-state index >= 15 is 0 Å². The second-order valence-electron chi connectivity index (χ2n) is 8.40. The number of nitrogens with zero attached hydrogens (tertiary/aromatic N) is 4. The number of carbonyl (C=O) groups is 2. The van der Waals surface area contributed by atoms with Gasteiger partial charge in [-0.25, -0.2) is 4.98 Å². The quantitative estimate of drug-likeness (QED) is 0.492. The smallest absolute Gasteiger partial charge is 0.267 e. The van der Waals surface area contributed by atoms with Gasteiger partial charge in [0.2, 0.25) is 12.0 Å². The zero-order chi connectivity index (χ0) is 24.2. The summed E-state index contributed by atoms with van der Waals surface area (Å²) in [5.41, 5.74) is 2.16. The normalized spacial score (nSPS) is 17.3. The van der Waals surface area contributed by atoms with Crippen LogP contribution in [0.25, 0.3) is 11.3 Å². The Morgan fingerprint density at radius 3 is 2.40 bits per heavy atom. The fourth-order valence-corrected chi connectivity index (χ4v) is 5.30. The third-order valence-electron chi connectivity index (χ3n) is 6.26.